The molecule has 7 nitrogen and oxygen atoms in total. The molecule has 1 atom stereocenters. The maximum Gasteiger partial charge on any atom is 0.334 e. The highest BCUT2D eigenvalue weighted by atomic mass is 16.4. The van der Waals surface area contributed by atoms with Crippen LogP contribution in [0.25, 0.3) is 0 Å². The third kappa shape index (κ3) is 3.84. The van der Waals surface area contributed by atoms with E-state index in [4.69, 9.17) is 16.6 Å². The van der Waals surface area contributed by atoms with E-state index in [0.29, 0.717) is 0 Å². The van der Waals surface area contributed by atoms with E-state index in [0.717, 1.165) is 0 Å². The molecule has 7 heteroatoms. The molecule has 0 saturated carbocycles. The number of nitrogens with two attached hydrogens (primary N) is 2. The highest BCUT2D eigenvalue weighted by Crippen LogP contribution is 1.90. The summed E-state index contributed by atoms with van der Waals surface area (Å²) in [5.74, 6) is -1.61. The average molecular weight is 160 g/mol. The van der Waals surface area contributed by atoms with Crippen LogP contribution in [0.15, 0.2) is 10.2 Å². The van der Waals surface area contributed by atoms with Gasteiger partial charge in [-0.25, -0.2) is 4.79 Å². The predicted octanol–water partition coefficient (Wildman–Crippen LogP) is -1.52. The first-order chi connectivity index (χ1) is 5.07. The zero-order valence-corrected chi connectivity index (χ0v) is 5.60. The van der Waals surface area contributed by atoms with Crippen LogP contribution in [0, 0.1) is 4.91 Å². The molecule has 0 aromatic carbocycles. The van der Waals surface area contributed by atoms with Gasteiger partial charge in [0.15, 0.2) is 5.96 Å². The molecule has 0 aromatic heterocycles. The molecule has 5 N–H and O–H groups in total. The SMILES string of the molecule is NC(N)=NCC(N=O)C(=O)O. The summed E-state index contributed by atoms with van der Waals surface area (Å²) < 4.78 is 0. The van der Waals surface area contributed by atoms with E-state index in [1.807, 2.05) is 0 Å². The topological polar surface area (TPSA) is 131 Å². The van der Waals surface area contributed by atoms with Gasteiger partial charge in [-0.15, -0.1) is 4.91 Å². The van der Waals surface area contributed by atoms with Crippen molar-refractivity contribution in [2.45, 2.75) is 6.04 Å². The Morgan fingerprint density at radius 3 is 2.36 bits per heavy atom. The largest absolute Gasteiger partial charge is 0.480 e. The smallest absolute Gasteiger partial charge is 0.334 e. The van der Waals surface area contributed by atoms with Gasteiger partial charge in [-0.05, 0) is 0 Å². The lowest BCUT2D eigenvalue weighted by molar-refractivity contribution is -0.138. The molecule has 0 saturated heterocycles. The molecule has 0 bridgehead atoms. The van der Waals surface area contributed by atoms with Gasteiger partial charge in [0.05, 0.1) is 6.54 Å². The minimum absolute atomic E-state index is 0.264. The maximum absolute atomic E-state index is 10.1. The van der Waals surface area contributed by atoms with Gasteiger partial charge in [0.1, 0.15) is 0 Å². The number of aliphatic imine (C=N–C) groups is 1. The lowest BCUT2D eigenvalue weighted by Gasteiger charge is -1.97. The standard InChI is InChI=1S/C4H8N4O3/c5-4(6)7-1-2(8-11)3(9)10/h2H,1H2,(H,9,10)(H4,5,6,7). The molecule has 11 heavy (non-hydrogen) atoms. The van der Waals surface area contributed by atoms with Crippen LogP contribution in [-0.4, -0.2) is 29.6 Å². The number of rotatable bonds is 4. The van der Waals surface area contributed by atoms with Crippen molar-refractivity contribution in [1.82, 2.24) is 0 Å². The molecular weight excluding hydrogens is 152 g/mol. The van der Waals surface area contributed by atoms with E-state index in [1.165, 1.54) is 0 Å². The van der Waals surface area contributed by atoms with E-state index in [2.05, 4.69) is 10.2 Å². The van der Waals surface area contributed by atoms with E-state index >= 15 is 0 Å². The Labute approximate surface area is 62.1 Å². The number of hydrogen-bond donors (Lipinski definition) is 3. The number of hydrogen-bond acceptors (Lipinski definition) is 4. The Morgan fingerprint density at radius 1 is 1.55 bits per heavy atom. The van der Waals surface area contributed by atoms with E-state index < -0.39 is 12.0 Å². The van der Waals surface area contributed by atoms with Crippen LogP contribution in [0.4, 0.5) is 0 Å². The summed E-state index contributed by atoms with van der Waals surface area (Å²) in [7, 11) is 0. The molecule has 0 aromatic rings. The number of carboxylic acids is 1. The lowest BCUT2D eigenvalue weighted by Crippen LogP contribution is -2.27. The van der Waals surface area contributed by atoms with Crippen molar-refractivity contribution in [3.8, 4) is 0 Å². The first kappa shape index (κ1) is 9.34. The first-order valence-corrected chi connectivity index (χ1v) is 2.68. The fraction of sp³-hybridized carbons (Fsp3) is 0.500. The van der Waals surface area contributed by atoms with Gasteiger partial charge >= 0.3 is 5.97 Å². The summed E-state index contributed by atoms with van der Waals surface area (Å²) in [5.41, 5.74) is 9.77. The third-order valence-electron chi connectivity index (χ3n) is 0.859. The molecule has 0 heterocycles. The number of carboxylic acid groups (broad SMARTS) is 1. The number of carbonyl (C=O) groups is 1. The second-order valence-corrected chi connectivity index (χ2v) is 1.72. The zero-order chi connectivity index (χ0) is 8.85. The number of nitroso groups, excluding NO2 is 1. The minimum Gasteiger partial charge on any atom is -0.480 e. The van der Waals surface area contributed by atoms with E-state index in [9.17, 15) is 9.70 Å². The summed E-state index contributed by atoms with van der Waals surface area (Å²) in [5, 5.41) is 10.5. The van der Waals surface area contributed by atoms with Crippen LogP contribution >= 0.6 is 0 Å². The number of aliphatic carboxylic acids is 1. The van der Waals surface area contributed by atoms with Gasteiger partial charge < -0.3 is 16.6 Å². The molecular formula is C4H8N4O3. The summed E-state index contributed by atoms with van der Waals surface area (Å²) in [6.45, 7) is -0.318. The Morgan fingerprint density at radius 2 is 2.09 bits per heavy atom. The fourth-order valence-electron chi connectivity index (χ4n) is 0.348. The van der Waals surface area contributed by atoms with Crippen molar-refractivity contribution >= 4 is 11.9 Å². The Balaban J connectivity index is 3.99. The van der Waals surface area contributed by atoms with Crippen molar-refractivity contribution in [3.05, 3.63) is 4.91 Å². The first-order valence-electron chi connectivity index (χ1n) is 2.68. The van der Waals surface area contributed by atoms with Crippen molar-refractivity contribution in [1.29, 1.82) is 0 Å². The van der Waals surface area contributed by atoms with Crippen LogP contribution in [0.3, 0.4) is 0 Å². The van der Waals surface area contributed by atoms with Gasteiger partial charge in [0.2, 0.25) is 6.04 Å². The highest BCUT2D eigenvalue weighted by Gasteiger charge is 2.16. The molecule has 0 amide bonds. The van der Waals surface area contributed by atoms with E-state index in [1.54, 1.807) is 0 Å². The van der Waals surface area contributed by atoms with Gasteiger partial charge in [0.25, 0.3) is 0 Å². The molecule has 0 aliphatic heterocycles. The summed E-state index contributed by atoms with van der Waals surface area (Å²) in [6, 6.07) is -1.41. The number of nitrogens with zero attached hydrogens (tertiary/aromatic N) is 2. The zero-order valence-electron chi connectivity index (χ0n) is 5.60. The number of guanidine groups is 1. The van der Waals surface area contributed by atoms with Crippen LogP contribution in [0.2, 0.25) is 0 Å². The van der Waals surface area contributed by atoms with Crippen LogP contribution in [-0.2, 0) is 4.79 Å². The monoisotopic (exact) mass is 160 g/mol. The molecule has 0 rings (SSSR count). The molecule has 0 radical (unpaired) electrons. The Bertz CT molecular complexity index is 186. The summed E-state index contributed by atoms with van der Waals surface area (Å²) in [6.07, 6.45) is 0. The lowest BCUT2D eigenvalue weighted by atomic mass is 10.3. The summed E-state index contributed by atoms with van der Waals surface area (Å²) >= 11 is 0. The molecule has 62 valence electrons. The van der Waals surface area contributed by atoms with Crippen LogP contribution < -0.4 is 11.5 Å². The van der Waals surface area contributed by atoms with Gasteiger partial charge in [-0.3, -0.25) is 4.99 Å². The molecule has 0 aliphatic rings. The Kier molecular flexibility index (Phi) is 3.57. The maximum atomic E-state index is 10.1. The average Bonchev–Trinajstić information content (AvgIpc) is 1.87. The van der Waals surface area contributed by atoms with Crippen molar-refractivity contribution in [2.75, 3.05) is 6.54 Å². The van der Waals surface area contributed by atoms with E-state index in [-0.39, 0.29) is 12.5 Å². The van der Waals surface area contributed by atoms with Gasteiger partial charge in [0, 0.05) is 0 Å². The second kappa shape index (κ2) is 4.20. The molecule has 0 spiro atoms. The molecule has 0 fully saturated rings. The minimum atomic E-state index is -1.41. The Hall–Kier alpha value is -1.66. The predicted molar refractivity (Wildman–Crippen MR) is 37.9 cm³/mol. The van der Waals surface area contributed by atoms with Crippen LogP contribution in [0.1, 0.15) is 0 Å². The quantitative estimate of drug-likeness (QED) is 0.261. The van der Waals surface area contributed by atoms with Crippen LogP contribution in [0.5, 0.6) is 0 Å². The highest BCUT2D eigenvalue weighted by molar-refractivity contribution is 5.77. The third-order valence-corrected chi connectivity index (χ3v) is 0.859. The van der Waals surface area contributed by atoms with Crippen molar-refractivity contribution < 1.29 is 9.90 Å². The second-order valence-electron chi connectivity index (χ2n) is 1.72. The van der Waals surface area contributed by atoms with Crippen molar-refractivity contribution in [2.24, 2.45) is 21.6 Å². The molecule has 0 aliphatic carbocycles. The van der Waals surface area contributed by atoms with Crippen molar-refractivity contribution in [3.63, 3.8) is 0 Å². The van der Waals surface area contributed by atoms with Gasteiger partial charge in [-0.2, -0.15) is 0 Å². The molecule has 1 unspecified atom stereocenters. The summed E-state index contributed by atoms with van der Waals surface area (Å²) in [4.78, 5) is 23.2. The fourth-order valence-corrected chi connectivity index (χ4v) is 0.348. The van der Waals surface area contributed by atoms with Gasteiger partial charge in [-0.1, -0.05) is 5.18 Å². The normalized spacial score (nSPS) is 11.6.